The molecule has 0 radical (unpaired) electrons. The van der Waals surface area contributed by atoms with Gasteiger partial charge in [-0.25, -0.2) is 0 Å². The van der Waals surface area contributed by atoms with Crippen molar-refractivity contribution in [3.8, 4) is 0 Å². The van der Waals surface area contributed by atoms with Crippen LogP contribution in [-0.2, 0) is 12.8 Å². The van der Waals surface area contributed by atoms with E-state index < -0.39 is 0 Å². The van der Waals surface area contributed by atoms with E-state index in [0.717, 1.165) is 29.7 Å². The molecule has 43 heavy (non-hydrogen) atoms. The van der Waals surface area contributed by atoms with Gasteiger partial charge in [-0.3, -0.25) is 0 Å². The molecular formula is C42H49N. The van der Waals surface area contributed by atoms with Gasteiger partial charge in [-0.05, 0) is 91.1 Å². The lowest BCUT2D eigenvalue weighted by Gasteiger charge is -2.09. The molecule has 0 saturated carbocycles. The Morgan fingerprint density at radius 1 is 0.767 bits per heavy atom. The first-order valence-corrected chi connectivity index (χ1v) is 15.4. The highest BCUT2D eigenvalue weighted by Crippen LogP contribution is 2.23. The van der Waals surface area contributed by atoms with Crippen LogP contribution >= 0.6 is 0 Å². The monoisotopic (exact) mass is 567 g/mol. The Bertz CT molecular complexity index is 1420. The standard InChI is InChI=1S/C27H29N.C13H14.C2H6/c1-4-5-7-12-23(2)24(3)13-10-11-22-28-27-20-18-26(19-21-27)17-16-25-14-8-6-9-15-25;1-11-6-5-9-13(10-11)12-7-3-2-4-8-12;1-2/h4-15,18-22,28H,2-3,16-17H2,1H3;2-3,5-7,9-10H,4,8H2,1H3;1-2H3/b5-4-,12-7-,13-10-,22-11-;;. The normalized spacial score (nSPS) is 12.5. The van der Waals surface area contributed by atoms with Gasteiger partial charge in [0.25, 0.3) is 0 Å². The molecule has 0 aromatic heterocycles. The third-order valence-corrected chi connectivity index (χ3v) is 6.67. The smallest absolute Gasteiger partial charge is 0.0379 e. The Labute approximate surface area is 261 Å². The topological polar surface area (TPSA) is 12.0 Å². The molecule has 3 aromatic rings. The van der Waals surface area contributed by atoms with Gasteiger partial charge >= 0.3 is 0 Å². The van der Waals surface area contributed by atoms with Gasteiger partial charge in [0.1, 0.15) is 0 Å². The van der Waals surface area contributed by atoms with Crippen molar-refractivity contribution in [2.75, 3.05) is 5.32 Å². The summed E-state index contributed by atoms with van der Waals surface area (Å²) in [6.07, 6.45) is 26.7. The molecular weight excluding hydrogens is 518 g/mol. The second kappa shape index (κ2) is 21.1. The molecule has 1 N–H and O–H groups in total. The van der Waals surface area contributed by atoms with Gasteiger partial charge in [0.15, 0.2) is 0 Å². The first-order chi connectivity index (χ1) is 21.0. The van der Waals surface area contributed by atoms with Crippen LogP contribution in [0.2, 0.25) is 0 Å². The van der Waals surface area contributed by atoms with E-state index in [1.54, 1.807) is 0 Å². The predicted molar refractivity (Wildman–Crippen MR) is 193 cm³/mol. The minimum atomic E-state index is 0.896. The number of benzene rings is 3. The van der Waals surface area contributed by atoms with Crippen LogP contribution in [0.25, 0.3) is 5.57 Å². The van der Waals surface area contributed by atoms with Crippen molar-refractivity contribution in [1.82, 2.24) is 0 Å². The van der Waals surface area contributed by atoms with E-state index in [1.165, 1.54) is 40.7 Å². The molecule has 0 saturated heterocycles. The highest BCUT2D eigenvalue weighted by atomic mass is 14.8. The Balaban J connectivity index is 0.000000356. The molecule has 1 heteroatoms. The summed E-state index contributed by atoms with van der Waals surface area (Å²) in [5.41, 5.74) is 9.78. The third kappa shape index (κ3) is 14.2. The van der Waals surface area contributed by atoms with Crippen LogP contribution in [0.4, 0.5) is 5.69 Å². The average Bonchev–Trinajstić information content (AvgIpc) is 3.06. The molecule has 0 amide bonds. The lowest BCUT2D eigenvalue weighted by molar-refractivity contribution is 0.960. The predicted octanol–water partition coefficient (Wildman–Crippen LogP) is 12.0. The fourth-order valence-corrected chi connectivity index (χ4v) is 4.26. The fourth-order valence-electron chi connectivity index (χ4n) is 4.26. The van der Waals surface area contributed by atoms with Crippen molar-refractivity contribution in [3.05, 3.63) is 192 Å². The lowest BCUT2D eigenvalue weighted by Crippen LogP contribution is -1.92. The van der Waals surface area contributed by atoms with Gasteiger partial charge in [0.05, 0.1) is 0 Å². The van der Waals surface area contributed by atoms with Crippen LogP contribution < -0.4 is 5.32 Å². The van der Waals surface area contributed by atoms with Crippen molar-refractivity contribution in [2.24, 2.45) is 0 Å². The Morgan fingerprint density at radius 2 is 1.42 bits per heavy atom. The van der Waals surface area contributed by atoms with Crippen molar-refractivity contribution >= 4 is 11.3 Å². The largest absolute Gasteiger partial charge is 0.362 e. The minimum Gasteiger partial charge on any atom is -0.362 e. The molecule has 0 bridgehead atoms. The number of rotatable bonds is 11. The van der Waals surface area contributed by atoms with Gasteiger partial charge in [-0.1, -0.05) is 154 Å². The van der Waals surface area contributed by atoms with Crippen LogP contribution in [0.1, 0.15) is 55.9 Å². The maximum absolute atomic E-state index is 4.02. The zero-order valence-electron chi connectivity index (χ0n) is 26.6. The van der Waals surface area contributed by atoms with Gasteiger partial charge in [-0.2, -0.15) is 0 Å². The molecule has 0 heterocycles. The van der Waals surface area contributed by atoms with E-state index >= 15 is 0 Å². The Hall–Kier alpha value is -4.62. The van der Waals surface area contributed by atoms with E-state index in [0.29, 0.717) is 0 Å². The van der Waals surface area contributed by atoms with Crippen LogP contribution in [0, 0.1) is 6.92 Å². The van der Waals surface area contributed by atoms with E-state index in [1.807, 2.05) is 69.5 Å². The van der Waals surface area contributed by atoms with Crippen LogP contribution in [0.3, 0.4) is 0 Å². The summed E-state index contributed by atoms with van der Waals surface area (Å²) < 4.78 is 0. The Kier molecular flexibility index (Phi) is 17.0. The molecule has 0 fully saturated rings. The quantitative estimate of drug-likeness (QED) is 0.227. The van der Waals surface area contributed by atoms with E-state index in [9.17, 15) is 0 Å². The summed E-state index contributed by atoms with van der Waals surface area (Å²) >= 11 is 0. The van der Waals surface area contributed by atoms with Crippen LogP contribution in [0.5, 0.6) is 0 Å². The maximum atomic E-state index is 4.02. The average molecular weight is 568 g/mol. The van der Waals surface area contributed by atoms with E-state index in [-0.39, 0.29) is 0 Å². The minimum absolute atomic E-state index is 0.896. The number of anilines is 1. The molecule has 0 atom stereocenters. The van der Waals surface area contributed by atoms with E-state index in [2.05, 4.69) is 122 Å². The molecule has 1 aliphatic rings. The first kappa shape index (κ1) is 34.6. The number of nitrogens with one attached hydrogen (secondary N) is 1. The summed E-state index contributed by atoms with van der Waals surface area (Å²) in [5.74, 6) is 0. The molecule has 1 nitrogen and oxygen atoms in total. The molecule has 3 aromatic carbocycles. The second-order valence-electron chi connectivity index (χ2n) is 10.0. The van der Waals surface area contributed by atoms with Crippen molar-refractivity contribution in [1.29, 1.82) is 0 Å². The molecule has 0 aliphatic heterocycles. The van der Waals surface area contributed by atoms with Crippen LogP contribution in [-0.4, -0.2) is 0 Å². The zero-order valence-corrected chi connectivity index (χ0v) is 26.6. The Morgan fingerprint density at radius 3 is 2.02 bits per heavy atom. The molecule has 0 unspecified atom stereocenters. The summed E-state index contributed by atoms with van der Waals surface area (Å²) in [4.78, 5) is 0. The molecule has 222 valence electrons. The van der Waals surface area contributed by atoms with Gasteiger partial charge < -0.3 is 5.32 Å². The number of hydrogen-bond donors (Lipinski definition) is 1. The maximum Gasteiger partial charge on any atom is 0.0379 e. The number of allylic oxidation sites excluding steroid dienone is 13. The zero-order chi connectivity index (χ0) is 31.1. The van der Waals surface area contributed by atoms with Gasteiger partial charge in [-0.15, -0.1) is 0 Å². The number of aryl methyl sites for hydroxylation is 3. The van der Waals surface area contributed by atoms with Crippen molar-refractivity contribution < 1.29 is 0 Å². The highest BCUT2D eigenvalue weighted by Gasteiger charge is 2.02. The van der Waals surface area contributed by atoms with Crippen LogP contribution in [0.15, 0.2) is 170 Å². The van der Waals surface area contributed by atoms with Crippen molar-refractivity contribution in [2.45, 2.75) is 53.4 Å². The first-order valence-electron chi connectivity index (χ1n) is 15.4. The third-order valence-electron chi connectivity index (χ3n) is 6.67. The summed E-state index contributed by atoms with van der Waals surface area (Å²) in [7, 11) is 0. The molecule has 4 rings (SSSR count). The highest BCUT2D eigenvalue weighted by molar-refractivity contribution is 5.68. The second-order valence-corrected chi connectivity index (χ2v) is 10.0. The molecule has 0 spiro atoms. The number of hydrogen-bond acceptors (Lipinski definition) is 1. The van der Waals surface area contributed by atoms with Crippen molar-refractivity contribution in [3.63, 3.8) is 0 Å². The SMILES string of the molecule is C=C(/C=C\C=C/C)C(=C)/C=C\C=C/Nc1ccc(CCc2ccccc2)cc1.CC.Cc1cccc(C2=CC=CCC2)c1. The molecule has 1 aliphatic carbocycles. The fraction of sp³-hybridized carbons (Fsp3) is 0.190. The lowest BCUT2D eigenvalue weighted by atomic mass is 9.96. The summed E-state index contributed by atoms with van der Waals surface area (Å²) in [5, 5.41) is 3.28. The summed E-state index contributed by atoms with van der Waals surface area (Å²) in [6.45, 7) is 16.2. The summed E-state index contributed by atoms with van der Waals surface area (Å²) in [6, 6.07) is 27.9. The van der Waals surface area contributed by atoms with E-state index in [4.69, 9.17) is 0 Å². The van der Waals surface area contributed by atoms with Gasteiger partial charge in [0.2, 0.25) is 0 Å². The van der Waals surface area contributed by atoms with Gasteiger partial charge in [0, 0.05) is 11.9 Å².